The van der Waals surface area contributed by atoms with Crippen molar-refractivity contribution in [2.75, 3.05) is 4.90 Å². The fourth-order valence-electron chi connectivity index (χ4n) is 2.61. The van der Waals surface area contributed by atoms with Crippen LogP contribution in [0.25, 0.3) is 0 Å². The lowest BCUT2D eigenvalue weighted by atomic mass is 10.0. The van der Waals surface area contributed by atoms with E-state index in [1.807, 2.05) is 0 Å². The monoisotopic (exact) mass is 297 g/mol. The summed E-state index contributed by atoms with van der Waals surface area (Å²) in [5.74, 6) is 0. The van der Waals surface area contributed by atoms with Crippen LogP contribution in [0.2, 0.25) is 19.6 Å². The van der Waals surface area contributed by atoms with Gasteiger partial charge in [0.1, 0.15) is 0 Å². The van der Waals surface area contributed by atoms with Gasteiger partial charge in [0, 0.05) is 16.9 Å². The Morgan fingerprint density at radius 3 is 1.62 bits per heavy atom. The first-order chi connectivity index (χ1) is 9.69. The second kappa shape index (κ2) is 5.68. The number of rotatable bonds is 3. The van der Waals surface area contributed by atoms with Crippen LogP contribution in [0.5, 0.6) is 0 Å². The molecule has 0 amide bonds. The molecule has 0 bridgehead atoms. The van der Waals surface area contributed by atoms with Crippen molar-refractivity contribution in [1.29, 1.82) is 0 Å². The van der Waals surface area contributed by atoms with Gasteiger partial charge < -0.3 is 4.90 Å². The Hall–Kier alpha value is -1.54. The summed E-state index contributed by atoms with van der Waals surface area (Å²) in [6, 6.07) is 19.8. The van der Waals surface area contributed by atoms with Gasteiger partial charge in [-0.25, -0.2) is 0 Å². The van der Waals surface area contributed by atoms with Gasteiger partial charge >= 0.3 is 0 Å². The van der Waals surface area contributed by atoms with Crippen LogP contribution in [0.15, 0.2) is 54.6 Å². The molecular weight excluding hydrogens is 270 g/mol. The molecule has 0 fully saturated rings. The Bertz CT molecular complexity index is 574. The van der Waals surface area contributed by atoms with E-state index >= 15 is 0 Å². The van der Waals surface area contributed by atoms with Crippen LogP contribution >= 0.6 is 0 Å². The molecule has 0 saturated heterocycles. The highest BCUT2D eigenvalue weighted by molar-refractivity contribution is 6.88. The van der Waals surface area contributed by atoms with E-state index in [1.54, 1.807) is 0 Å². The van der Waals surface area contributed by atoms with Crippen LogP contribution in [0.1, 0.15) is 20.8 Å². The third-order valence-corrected chi connectivity index (χ3v) is 5.74. The Kier molecular flexibility index (Phi) is 4.29. The first kappa shape index (κ1) is 15.8. The van der Waals surface area contributed by atoms with E-state index < -0.39 is 8.07 Å². The first-order valence-electron chi connectivity index (χ1n) is 7.65. The highest BCUT2D eigenvalue weighted by atomic mass is 28.3. The topological polar surface area (TPSA) is 3.24 Å². The smallest absolute Gasteiger partial charge is 0.0775 e. The zero-order valence-corrected chi connectivity index (χ0v) is 15.1. The molecule has 2 aromatic rings. The maximum Gasteiger partial charge on any atom is 0.0775 e. The molecular formula is C19H27NSi. The minimum absolute atomic E-state index is 0.0437. The van der Waals surface area contributed by atoms with Gasteiger partial charge in [-0.2, -0.15) is 0 Å². The molecule has 0 heterocycles. The molecule has 0 aliphatic heterocycles. The Morgan fingerprint density at radius 2 is 1.19 bits per heavy atom. The normalized spacial score (nSPS) is 12.3. The summed E-state index contributed by atoms with van der Waals surface area (Å²) in [5.41, 5.74) is 2.55. The molecule has 0 saturated carbocycles. The van der Waals surface area contributed by atoms with Gasteiger partial charge in [-0.1, -0.05) is 55.2 Å². The van der Waals surface area contributed by atoms with Crippen molar-refractivity contribution in [2.24, 2.45) is 0 Å². The van der Waals surface area contributed by atoms with Crippen molar-refractivity contribution in [3.8, 4) is 0 Å². The van der Waals surface area contributed by atoms with Gasteiger partial charge in [0.2, 0.25) is 0 Å². The SMILES string of the molecule is CC(C)(C)N(c1ccccc1)c1ccc([Si](C)(C)C)cc1. The third kappa shape index (κ3) is 3.76. The summed E-state index contributed by atoms with van der Waals surface area (Å²) in [6.07, 6.45) is 0. The van der Waals surface area contributed by atoms with Crippen molar-refractivity contribution in [3.63, 3.8) is 0 Å². The molecule has 112 valence electrons. The summed E-state index contributed by atoms with van der Waals surface area (Å²) < 4.78 is 0. The van der Waals surface area contributed by atoms with Crippen molar-refractivity contribution in [1.82, 2.24) is 0 Å². The van der Waals surface area contributed by atoms with Gasteiger partial charge in [-0.3, -0.25) is 0 Å². The van der Waals surface area contributed by atoms with Crippen molar-refractivity contribution in [3.05, 3.63) is 54.6 Å². The van der Waals surface area contributed by atoms with E-state index in [9.17, 15) is 0 Å². The summed E-state index contributed by atoms with van der Waals surface area (Å²) in [5, 5.41) is 1.51. The zero-order chi connectivity index (χ0) is 15.7. The highest BCUT2D eigenvalue weighted by Crippen LogP contribution is 2.32. The molecule has 2 aromatic carbocycles. The predicted molar refractivity (Wildman–Crippen MR) is 97.8 cm³/mol. The highest BCUT2D eigenvalue weighted by Gasteiger charge is 2.24. The molecule has 1 nitrogen and oxygen atoms in total. The Balaban J connectivity index is 2.44. The van der Waals surface area contributed by atoms with Gasteiger partial charge in [0.25, 0.3) is 0 Å². The van der Waals surface area contributed by atoms with Gasteiger partial charge in [0.15, 0.2) is 0 Å². The fraction of sp³-hybridized carbons (Fsp3) is 0.368. The molecule has 0 atom stereocenters. The van der Waals surface area contributed by atoms with E-state index in [4.69, 9.17) is 0 Å². The molecule has 0 N–H and O–H groups in total. The summed E-state index contributed by atoms with van der Waals surface area (Å²) >= 11 is 0. The molecule has 2 heteroatoms. The van der Waals surface area contributed by atoms with Crippen molar-refractivity contribution in [2.45, 2.75) is 46.0 Å². The lowest BCUT2D eigenvalue weighted by Crippen LogP contribution is -2.39. The molecule has 21 heavy (non-hydrogen) atoms. The first-order valence-corrected chi connectivity index (χ1v) is 11.2. The van der Waals surface area contributed by atoms with Crippen molar-refractivity contribution < 1.29 is 0 Å². The average Bonchev–Trinajstić information content (AvgIpc) is 2.38. The largest absolute Gasteiger partial charge is 0.336 e. The molecule has 2 rings (SSSR count). The Morgan fingerprint density at radius 1 is 0.714 bits per heavy atom. The fourth-order valence-corrected chi connectivity index (χ4v) is 3.78. The minimum atomic E-state index is -1.23. The van der Waals surface area contributed by atoms with Crippen molar-refractivity contribution >= 4 is 24.6 Å². The van der Waals surface area contributed by atoms with Crippen LogP contribution in [-0.4, -0.2) is 13.6 Å². The quantitative estimate of drug-likeness (QED) is 0.707. The van der Waals surface area contributed by atoms with E-state index in [1.165, 1.54) is 16.6 Å². The van der Waals surface area contributed by atoms with Crippen LogP contribution in [-0.2, 0) is 0 Å². The number of anilines is 2. The third-order valence-electron chi connectivity index (χ3n) is 3.68. The molecule has 0 radical (unpaired) electrons. The summed E-state index contributed by atoms with van der Waals surface area (Å²) in [7, 11) is -1.23. The number of para-hydroxylation sites is 1. The predicted octanol–water partition coefficient (Wildman–Crippen LogP) is 5.17. The van der Waals surface area contributed by atoms with E-state index in [2.05, 4.69) is 99.9 Å². The van der Waals surface area contributed by atoms with Crippen LogP contribution in [0, 0.1) is 0 Å². The van der Waals surface area contributed by atoms with Crippen LogP contribution < -0.4 is 10.1 Å². The number of hydrogen-bond acceptors (Lipinski definition) is 1. The van der Waals surface area contributed by atoms with E-state index in [-0.39, 0.29) is 5.54 Å². The van der Waals surface area contributed by atoms with Gasteiger partial charge in [0.05, 0.1) is 8.07 Å². The van der Waals surface area contributed by atoms with Gasteiger partial charge in [-0.05, 0) is 45.0 Å². The molecule has 0 aromatic heterocycles. The van der Waals surface area contributed by atoms with E-state index in [0.717, 1.165) is 0 Å². The average molecular weight is 298 g/mol. The Labute approximate surface area is 130 Å². The second-order valence-corrected chi connectivity index (χ2v) is 12.7. The standard InChI is InChI=1S/C19H27NSi/c1-19(2,3)20(16-10-8-7-9-11-16)17-12-14-18(15-13-17)21(4,5)6/h7-15H,1-6H3. The van der Waals surface area contributed by atoms with E-state index in [0.29, 0.717) is 0 Å². The lowest BCUT2D eigenvalue weighted by Gasteiger charge is -2.38. The van der Waals surface area contributed by atoms with Crippen LogP contribution in [0.3, 0.4) is 0 Å². The zero-order valence-electron chi connectivity index (χ0n) is 14.1. The summed E-state index contributed by atoms with van der Waals surface area (Å²) in [4.78, 5) is 2.40. The minimum Gasteiger partial charge on any atom is -0.336 e. The van der Waals surface area contributed by atoms with Gasteiger partial charge in [-0.15, -0.1) is 0 Å². The van der Waals surface area contributed by atoms with Crippen LogP contribution in [0.4, 0.5) is 11.4 Å². The lowest BCUT2D eigenvalue weighted by molar-refractivity contribution is 0.560. The molecule has 0 unspecified atom stereocenters. The molecule has 0 aliphatic rings. The molecule has 0 aliphatic carbocycles. The number of hydrogen-bond donors (Lipinski definition) is 0. The maximum atomic E-state index is 2.40. The maximum absolute atomic E-state index is 2.40. The summed E-state index contributed by atoms with van der Waals surface area (Å²) in [6.45, 7) is 13.9. The number of nitrogens with zero attached hydrogens (tertiary/aromatic N) is 1. The molecule has 0 spiro atoms. The number of benzene rings is 2. The second-order valence-electron chi connectivity index (χ2n) is 7.64.